The largest absolute Gasteiger partial charge is 0.573 e. The van der Waals surface area contributed by atoms with Gasteiger partial charge in [-0.3, -0.25) is 9.59 Å². The molecule has 8 heteroatoms. The molecule has 1 rings (SSSR count). The Morgan fingerprint density at radius 1 is 1.17 bits per heavy atom. The van der Waals surface area contributed by atoms with Crippen LogP contribution in [0.3, 0.4) is 0 Å². The lowest BCUT2D eigenvalue weighted by Crippen LogP contribution is -2.44. The molecule has 23 heavy (non-hydrogen) atoms. The second-order valence-electron chi connectivity index (χ2n) is 5.69. The molecule has 0 radical (unpaired) electrons. The highest BCUT2D eigenvalue weighted by molar-refractivity contribution is 5.79. The van der Waals surface area contributed by atoms with Crippen LogP contribution in [0, 0.1) is 0 Å². The van der Waals surface area contributed by atoms with Gasteiger partial charge in [-0.1, -0.05) is 12.1 Å². The first-order valence-corrected chi connectivity index (χ1v) is 6.84. The second-order valence-corrected chi connectivity index (χ2v) is 5.69. The summed E-state index contributed by atoms with van der Waals surface area (Å²) in [6, 6.07) is 4.99. The van der Waals surface area contributed by atoms with E-state index >= 15 is 0 Å². The van der Waals surface area contributed by atoms with E-state index in [9.17, 15) is 22.8 Å². The summed E-state index contributed by atoms with van der Waals surface area (Å²) in [5.41, 5.74) is -0.166. The zero-order chi connectivity index (χ0) is 17.7. The van der Waals surface area contributed by atoms with Crippen molar-refractivity contribution in [2.45, 2.75) is 45.0 Å². The van der Waals surface area contributed by atoms with Crippen molar-refractivity contribution in [3.8, 4) is 5.75 Å². The summed E-state index contributed by atoms with van der Waals surface area (Å²) in [6.07, 6.45) is -4.58. The van der Waals surface area contributed by atoms with Crippen molar-refractivity contribution in [3.05, 3.63) is 29.8 Å². The number of alkyl halides is 3. The van der Waals surface area contributed by atoms with Gasteiger partial charge in [-0.15, -0.1) is 13.2 Å². The van der Waals surface area contributed by atoms with Gasteiger partial charge < -0.3 is 15.2 Å². The summed E-state index contributed by atoms with van der Waals surface area (Å²) in [5, 5.41) is 11.3. The zero-order valence-electron chi connectivity index (χ0n) is 12.7. The molecule has 1 amide bonds. The molecule has 1 aromatic rings. The average molecular weight is 333 g/mol. The van der Waals surface area contributed by atoms with Crippen LogP contribution >= 0.6 is 0 Å². The molecule has 0 heterocycles. The quantitative estimate of drug-likeness (QED) is 0.804. The fourth-order valence-corrected chi connectivity index (χ4v) is 1.90. The number of hydrogen-bond donors (Lipinski definition) is 2. The molecule has 5 nitrogen and oxygen atoms in total. The lowest BCUT2D eigenvalue weighted by molar-refractivity contribution is -0.274. The van der Waals surface area contributed by atoms with Crippen LogP contribution in [-0.2, 0) is 16.0 Å². The summed E-state index contributed by atoms with van der Waals surface area (Å²) in [4.78, 5) is 22.5. The van der Waals surface area contributed by atoms with Gasteiger partial charge in [-0.05, 0) is 38.0 Å². The van der Waals surface area contributed by atoms with E-state index in [1.165, 1.54) is 12.1 Å². The molecule has 0 saturated carbocycles. The van der Waals surface area contributed by atoms with Crippen molar-refractivity contribution < 1.29 is 32.6 Å². The average Bonchev–Trinajstić information content (AvgIpc) is 2.36. The van der Waals surface area contributed by atoms with Crippen LogP contribution in [0.1, 0.15) is 32.3 Å². The lowest BCUT2D eigenvalue weighted by Gasteiger charge is -2.25. The number of carbonyl (C=O) groups excluding carboxylic acids is 1. The fourth-order valence-electron chi connectivity index (χ4n) is 1.90. The van der Waals surface area contributed by atoms with E-state index in [-0.39, 0.29) is 30.9 Å². The summed E-state index contributed by atoms with van der Waals surface area (Å²) in [7, 11) is 0. The maximum atomic E-state index is 12.0. The Hall–Kier alpha value is -2.25. The number of hydrogen-bond acceptors (Lipinski definition) is 3. The van der Waals surface area contributed by atoms with Crippen molar-refractivity contribution >= 4 is 11.9 Å². The highest BCUT2D eigenvalue weighted by atomic mass is 19.4. The Balaban J connectivity index is 2.55. The number of rotatable bonds is 7. The minimum atomic E-state index is -4.76. The number of carboxylic acid groups (broad SMARTS) is 1. The van der Waals surface area contributed by atoms with Crippen molar-refractivity contribution in [1.82, 2.24) is 5.32 Å². The van der Waals surface area contributed by atoms with Crippen molar-refractivity contribution in [2.24, 2.45) is 0 Å². The van der Waals surface area contributed by atoms with Gasteiger partial charge in [0.2, 0.25) is 5.91 Å². The number of nitrogens with one attached hydrogen (secondary N) is 1. The molecule has 0 atom stereocenters. The Morgan fingerprint density at radius 2 is 1.74 bits per heavy atom. The number of carboxylic acids is 1. The third-order valence-corrected chi connectivity index (χ3v) is 2.96. The first-order valence-electron chi connectivity index (χ1n) is 6.84. The van der Waals surface area contributed by atoms with Gasteiger partial charge >= 0.3 is 12.3 Å². The minimum absolute atomic E-state index is 0.0250. The molecule has 0 aliphatic carbocycles. The summed E-state index contributed by atoms with van der Waals surface area (Å²) >= 11 is 0. The van der Waals surface area contributed by atoms with Crippen LogP contribution in [-0.4, -0.2) is 28.9 Å². The third kappa shape index (κ3) is 8.08. The molecule has 0 aromatic heterocycles. The molecule has 0 fully saturated rings. The highest BCUT2D eigenvalue weighted by Gasteiger charge is 2.31. The summed E-state index contributed by atoms with van der Waals surface area (Å²) in [5.74, 6) is -1.65. The molecule has 0 aliphatic heterocycles. The van der Waals surface area contributed by atoms with Crippen LogP contribution in [0.2, 0.25) is 0 Å². The van der Waals surface area contributed by atoms with Gasteiger partial charge in [-0.25, -0.2) is 0 Å². The van der Waals surface area contributed by atoms with E-state index in [2.05, 4.69) is 10.1 Å². The van der Waals surface area contributed by atoms with E-state index in [1.54, 1.807) is 13.8 Å². The smallest absolute Gasteiger partial charge is 0.481 e. The topological polar surface area (TPSA) is 75.6 Å². The lowest BCUT2D eigenvalue weighted by atomic mass is 9.98. The Morgan fingerprint density at radius 3 is 2.22 bits per heavy atom. The summed E-state index contributed by atoms with van der Waals surface area (Å²) < 4.78 is 39.9. The van der Waals surface area contributed by atoms with Gasteiger partial charge in [0.25, 0.3) is 0 Å². The zero-order valence-corrected chi connectivity index (χ0v) is 12.7. The molecule has 0 bridgehead atoms. The molecule has 0 spiro atoms. The third-order valence-electron chi connectivity index (χ3n) is 2.96. The van der Waals surface area contributed by atoms with Gasteiger partial charge in [0, 0.05) is 12.0 Å². The van der Waals surface area contributed by atoms with Crippen molar-refractivity contribution in [1.29, 1.82) is 0 Å². The van der Waals surface area contributed by atoms with Crippen molar-refractivity contribution in [3.63, 3.8) is 0 Å². The highest BCUT2D eigenvalue weighted by Crippen LogP contribution is 2.23. The number of halogens is 3. The molecule has 128 valence electrons. The molecular formula is C15H18F3NO4. The van der Waals surface area contributed by atoms with Crippen molar-refractivity contribution in [2.75, 3.05) is 0 Å². The van der Waals surface area contributed by atoms with Crippen LogP contribution < -0.4 is 10.1 Å². The minimum Gasteiger partial charge on any atom is -0.481 e. The second kappa shape index (κ2) is 7.34. The fraction of sp³-hybridized carbons (Fsp3) is 0.467. The van der Waals surface area contributed by atoms with E-state index in [0.717, 1.165) is 12.1 Å². The SMILES string of the molecule is CC(C)(CCC(=O)O)NC(=O)Cc1ccc(OC(F)(F)F)cc1. The Bertz CT molecular complexity index is 553. The molecule has 0 aliphatic rings. The molecule has 0 unspecified atom stereocenters. The summed E-state index contributed by atoms with van der Waals surface area (Å²) in [6.45, 7) is 3.40. The van der Waals surface area contributed by atoms with E-state index in [1.807, 2.05) is 0 Å². The van der Waals surface area contributed by atoms with Crippen LogP contribution in [0.5, 0.6) is 5.75 Å². The van der Waals surface area contributed by atoms with Gasteiger partial charge in [-0.2, -0.15) is 0 Å². The van der Waals surface area contributed by atoms with Gasteiger partial charge in [0.05, 0.1) is 6.42 Å². The first kappa shape index (κ1) is 18.8. The predicted molar refractivity (Wildman–Crippen MR) is 75.9 cm³/mol. The van der Waals surface area contributed by atoms with Gasteiger partial charge in [0.1, 0.15) is 5.75 Å². The van der Waals surface area contributed by atoms with E-state index in [4.69, 9.17) is 5.11 Å². The molecule has 0 saturated heterocycles. The number of aliphatic carboxylic acids is 1. The number of ether oxygens (including phenoxy) is 1. The maximum absolute atomic E-state index is 12.0. The van der Waals surface area contributed by atoms with E-state index < -0.39 is 17.9 Å². The maximum Gasteiger partial charge on any atom is 0.573 e. The van der Waals surface area contributed by atoms with Crippen LogP contribution in [0.4, 0.5) is 13.2 Å². The normalized spacial score (nSPS) is 11.9. The van der Waals surface area contributed by atoms with Crippen LogP contribution in [0.15, 0.2) is 24.3 Å². The Kier molecular flexibility index (Phi) is 6.00. The Labute approximate surface area is 131 Å². The number of carbonyl (C=O) groups is 2. The predicted octanol–water partition coefficient (Wildman–Crippen LogP) is 2.89. The standard InChI is InChI=1S/C15H18F3NO4/c1-14(2,8-7-13(21)22)19-12(20)9-10-3-5-11(6-4-10)23-15(16,17)18/h3-6H,7-9H2,1-2H3,(H,19,20)(H,21,22). The van der Waals surface area contributed by atoms with Crippen LogP contribution in [0.25, 0.3) is 0 Å². The monoisotopic (exact) mass is 333 g/mol. The van der Waals surface area contributed by atoms with Gasteiger partial charge in [0.15, 0.2) is 0 Å². The molecule has 1 aromatic carbocycles. The molecule has 2 N–H and O–H groups in total. The first-order chi connectivity index (χ1) is 10.5. The number of amides is 1. The number of benzene rings is 1. The molecular weight excluding hydrogens is 315 g/mol. The van der Waals surface area contributed by atoms with E-state index in [0.29, 0.717) is 5.56 Å².